The second-order valence-electron chi connectivity index (χ2n) is 10.3. The van der Waals surface area contributed by atoms with Gasteiger partial charge in [-0.15, -0.1) is 0 Å². The fourth-order valence-electron chi connectivity index (χ4n) is 4.94. The molecule has 0 aromatic heterocycles. The second kappa shape index (κ2) is 13.1. The molecule has 212 valence electrons. The van der Waals surface area contributed by atoms with Crippen LogP contribution in [0, 0.1) is 12.7 Å². The molecule has 1 aliphatic rings. The van der Waals surface area contributed by atoms with Gasteiger partial charge in [-0.1, -0.05) is 60.9 Å². The zero-order valence-corrected chi connectivity index (χ0v) is 23.7. The number of anilines is 1. The fraction of sp³-hybridized carbons (Fsp3) is 0.355. The second-order valence-corrected chi connectivity index (χ2v) is 12.2. The minimum Gasteiger partial charge on any atom is -0.352 e. The molecule has 0 bridgehead atoms. The van der Waals surface area contributed by atoms with E-state index in [1.54, 1.807) is 19.1 Å². The Hall–Kier alpha value is -3.72. The number of nitrogens with one attached hydrogen (secondary N) is 1. The van der Waals surface area contributed by atoms with Crippen molar-refractivity contribution in [2.24, 2.45) is 0 Å². The highest BCUT2D eigenvalue weighted by atomic mass is 32.2. The first-order valence-corrected chi connectivity index (χ1v) is 15.1. The average molecular weight is 566 g/mol. The molecule has 40 heavy (non-hydrogen) atoms. The lowest BCUT2D eigenvalue weighted by Crippen LogP contribution is -2.53. The maximum atomic E-state index is 13.9. The number of benzene rings is 3. The fourth-order valence-corrected chi connectivity index (χ4v) is 6.35. The van der Waals surface area contributed by atoms with Gasteiger partial charge >= 0.3 is 0 Å². The average Bonchev–Trinajstić information content (AvgIpc) is 3.46. The van der Waals surface area contributed by atoms with Gasteiger partial charge in [-0.3, -0.25) is 13.9 Å². The van der Waals surface area contributed by atoms with E-state index in [0.717, 1.165) is 53.2 Å². The highest BCUT2D eigenvalue weighted by molar-refractivity contribution is 7.92. The summed E-state index contributed by atoms with van der Waals surface area (Å²) in [7, 11) is -4.18. The van der Waals surface area contributed by atoms with Crippen LogP contribution in [-0.4, -0.2) is 50.3 Å². The minimum atomic E-state index is -4.18. The molecule has 4 rings (SSSR count). The van der Waals surface area contributed by atoms with Crippen LogP contribution in [0.5, 0.6) is 0 Å². The first-order chi connectivity index (χ1) is 19.1. The molecule has 1 fully saturated rings. The Morgan fingerprint density at radius 1 is 0.950 bits per heavy atom. The molecular weight excluding hydrogens is 529 g/mol. The standard InChI is InChI=1S/C31H36FN3O4S/c1-23-12-18-29(19-13-23)40(38,39)35(28-16-14-26(32)15-17-28)22-30(36)34(21-20-25-8-4-3-5-9-25)24(2)31(37)33-27-10-6-7-11-27/h3-5,8-9,12-19,24,27H,6-7,10-11,20-22H2,1-2H3,(H,33,37). The molecule has 2 amide bonds. The maximum absolute atomic E-state index is 13.9. The highest BCUT2D eigenvalue weighted by Gasteiger charge is 2.33. The van der Waals surface area contributed by atoms with Gasteiger partial charge in [0.15, 0.2) is 0 Å². The first-order valence-electron chi connectivity index (χ1n) is 13.6. The molecule has 1 unspecified atom stereocenters. The summed E-state index contributed by atoms with van der Waals surface area (Å²) < 4.78 is 42.3. The van der Waals surface area contributed by atoms with Crippen LogP contribution < -0.4 is 9.62 Å². The zero-order valence-electron chi connectivity index (χ0n) is 22.9. The molecule has 9 heteroatoms. The number of carbonyl (C=O) groups excluding carboxylic acids is 2. The highest BCUT2D eigenvalue weighted by Crippen LogP contribution is 2.25. The Morgan fingerprint density at radius 3 is 2.20 bits per heavy atom. The molecule has 3 aromatic carbocycles. The van der Waals surface area contributed by atoms with Crippen molar-refractivity contribution in [3.05, 3.63) is 95.8 Å². The van der Waals surface area contributed by atoms with E-state index in [1.165, 1.54) is 29.2 Å². The molecule has 1 N–H and O–H groups in total. The Bertz CT molecular complexity index is 1390. The normalized spacial score (nSPS) is 14.5. The van der Waals surface area contributed by atoms with Crippen LogP contribution in [0.15, 0.2) is 83.8 Å². The molecule has 1 aliphatic carbocycles. The summed E-state index contributed by atoms with van der Waals surface area (Å²) in [6.07, 6.45) is 4.42. The topological polar surface area (TPSA) is 86.8 Å². The molecule has 0 saturated heterocycles. The van der Waals surface area contributed by atoms with Crippen LogP contribution in [-0.2, 0) is 26.0 Å². The molecule has 0 aliphatic heterocycles. The van der Waals surface area contributed by atoms with Crippen molar-refractivity contribution in [1.82, 2.24) is 10.2 Å². The Kier molecular flexibility index (Phi) is 9.58. The van der Waals surface area contributed by atoms with Crippen LogP contribution in [0.3, 0.4) is 0 Å². The SMILES string of the molecule is Cc1ccc(S(=O)(=O)N(CC(=O)N(CCc2ccccc2)C(C)C(=O)NC2CCCC2)c2ccc(F)cc2)cc1. The molecule has 3 aromatic rings. The number of halogens is 1. The summed E-state index contributed by atoms with van der Waals surface area (Å²) in [6.45, 7) is 3.20. The van der Waals surface area contributed by atoms with E-state index in [2.05, 4.69) is 5.32 Å². The van der Waals surface area contributed by atoms with E-state index in [0.29, 0.717) is 6.42 Å². The third-order valence-corrected chi connectivity index (χ3v) is 9.14. The van der Waals surface area contributed by atoms with Crippen LogP contribution in [0.25, 0.3) is 0 Å². The van der Waals surface area contributed by atoms with Crippen LogP contribution in [0.2, 0.25) is 0 Å². The molecule has 7 nitrogen and oxygen atoms in total. The van der Waals surface area contributed by atoms with Crippen molar-refractivity contribution in [1.29, 1.82) is 0 Å². The van der Waals surface area contributed by atoms with E-state index in [9.17, 15) is 22.4 Å². The third-order valence-electron chi connectivity index (χ3n) is 7.36. The summed E-state index contributed by atoms with van der Waals surface area (Å²) in [5.41, 5.74) is 2.03. The van der Waals surface area contributed by atoms with E-state index in [-0.39, 0.29) is 29.1 Å². The molecule has 0 heterocycles. The lowest BCUT2D eigenvalue weighted by molar-refractivity contribution is -0.139. The lowest BCUT2D eigenvalue weighted by Gasteiger charge is -2.32. The van der Waals surface area contributed by atoms with Crippen molar-refractivity contribution in [2.45, 2.75) is 62.9 Å². The van der Waals surface area contributed by atoms with Crippen LogP contribution in [0.4, 0.5) is 10.1 Å². The molecule has 0 radical (unpaired) electrons. The van der Waals surface area contributed by atoms with Crippen molar-refractivity contribution in [2.75, 3.05) is 17.4 Å². The van der Waals surface area contributed by atoms with Crippen molar-refractivity contribution < 1.29 is 22.4 Å². The maximum Gasteiger partial charge on any atom is 0.264 e. The number of aryl methyl sites for hydroxylation is 1. The number of amides is 2. The zero-order chi connectivity index (χ0) is 28.7. The van der Waals surface area contributed by atoms with Crippen molar-refractivity contribution >= 4 is 27.5 Å². The number of rotatable bonds is 11. The van der Waals surface area contributed by atoms with Gasteiger partial charge in [0.25, 0.3) is 10.0 Å². The van der Waals surface area contributed by atoms with Gasteiger partial charge in [-0.25, -0.2) is 12.8 Å². The largest absolute Gasteiger partial charge is 0.352 e. The van der Waals surface area contributed by atoms with Gasteiger partial charge in [-0.05, 0) is 75.1 Å². The van der Waals surface area contributed by atoms with E-state index < -0.39 is 34.3 Å². The van der Waals surface area contributed by atoms with E-state index >= 15 is 0 Å². The quantitative estimate of drug-likeness (QED) is 0.360. The predicted molar refractivity (Wildman–Crippen MR) is 154 cm³/mol. The predicted octanol–water partition coefficient (Wildman–Crippen LogP) is 4.85. The molecular formula is C31H36FN3O4S. The minimum absolute atomic E-state index is 0.0121. The van der Waals surface area contributed by atoms with Gasteiger partial charge < -0.3 is 10.2 Å². The van der Waals surface area contributed by atoms with Crippen molar-refractivity contribution in [3.63, 3.8) is 0 Å². The first kappa shape index (κ1) is 29.3. The van der Waals surface area contributed by atoms with E-state index in [4.69, 9.17) is 0 Å². The Morgan fingerprint density at radius 2 is 1.57 bits per heavy atom. The number of nitrogens with zero attached hydrogens (tertiary/aromatic N) is 2. The van der Waals surface area contributed by atoms with Gasteiger partial charge in [0.05, 0.1) is 10.6 Å². The summed E-state index contributed by atoms with van der Waals surface area (Å²) >= 11 is 0. The third kappa shape index (κ3) is 7.27. The molecule has 0 spiro atoms. The van der Waals surface area contributed by atoms with Gasteiger partial charge in [-0.2, -0.15) is 0 Å². The smallest absolute Gasteiger partial charge is 0.264 e. The molecule has 1 atom stereocenters. The van der Waals surface area contributed by atoms with Crippen LogP contribution >= 0.6 is 0 Å². The monoisotopic (exact) mass is 565 g/mol. The number of sulfonamides is 1. The van der Waals surface area contributed by atoms with E-state index in [1.807, 2.05) is 37.3 Å². The Balaban J connectivity index is 1.63. The molecule has 1 saturated carbocycles. The van der Waals surface area contributed by atoms with Gasteiger partial charge in [0.1, 0.15) is 18.4 Å². The summed E-state index contributed by atoms with van der Waals surface area (Å²) in [6, 6.07) is 20.2. The Labute approximate surface area is 236 Å². The number of carbonyl (C=O) groups is 2. The van der Waals surface area contributed by atoms with Gasteiger partial charge in [0, 0.05) is 12.6 Å². The summed E-state index contributed by atoms with van der Waals surface area (Å²) in [5, 5.41) is 3.06. The van der Waals surface area contributed by atoms with Crippen molar-refractivity contribution in [3.8, 4) is 0 Å². The lowest BCUT2D eigenvalue weighted by atomic mass is 10.1. The van der Waals surface area contributed by atoms with Crippen LogP contribution in [0.1, 0.15) is 43.7 Å². The summed E-state index contributed by atoms with van der Waals surface area (Å²) in [5.74, 6) is -1.31. The number of hydrogen-bond acceptors (Lipinski definition) is 4. The summed E-state index contributed by atoms with van der Waals surface area (Å²) in [4.78, 5) is 28.6. The number of hydrogen-bond donors (Lipinski definition) is 1. The van der Waals surface area contributed by atoms with Gasteiger partial charge in [0.2, 0.25) is 11.8 Å².